The summed E-state index contributed by atoms with van der Waals surface area (Å²) in [6.45, 7) is 7.39. The first kappa shape index (κ1) is 12.7. The van der Waals surface area contributed by atoms with Gasteiger partial charge >= 0.3 is 0 Å². The van der Waals surface area contributed by atoms with Crippen LogP contribution in [0.5, 0.6) is 0 Å². The first-order valence-corrected chi connectivity index (χ1v) is 7.25. The molecule has 88 valence electrons. The topological polar surface area (TPSA) is 37.4 Å². The van der Waals surface area contributed by atoms with Crippen molar-refractivity contribution >= 4 is 10.0 Å². The highest BCUT2D eigenvalue weighted by atomic mass is 32.2. The highest BCUT2D eigenvalue weighted by Crippen LogP contribution is 2.20. The standard InChI is InChI=1S/C11H21NO2S/c1-4-5-8-15(13,14)12-7-6-11(9-12)10(2)3/h6,10H,4-5,7-9H2,1-3H3. The van der Waals surface area contributed by atoms with E-state index in [1.54, 1.807) is 4.31 Å². The summed E-state index contributed by atoms with van der Waals surface area (Å²) in [5.74, 6) is 0.749. The molecule has 1 rings (SSSR count). The lowest BCUT2D eigenvalue weighted by Gasteiger charge is -2.17. The molecule has 0 aromatic heterocycles. The van der Waals surface area contributed by atoms with Crippen LogP contribution in [-0.4, -0.2) is 31.6 Å². The number of nitrogens with zero attached hydrogens (tertiary/aromatic N) is 1. The van der Waals surface area contributed by atoms with Gasteiger partial charge in [-0.25, -0.2) is 8.42 Å². The summed E-state index contributed by atoms with van der Waals surface area (Å²) in [6, 6.07) is 0. The molecule has 0 saturated carbocycles. The summed E-state index contributed by atoms with van der Waals surface area (Å²) in [5.41, 5.74) is 1.25. The monoisotopic (exact) mass is 231 g/mol. The molecular weight excluding hydrogens is 210 g/mol. The molecule has 0 amide bonds. The fraction of sp³-hybridized carbons (Fsp3) is 0.818. The van der Waals surface area contributed by atoms with Crippen LogP contribution in [0.3, 0.4) is 0 Å². The average molecular weight is 231 g/mol. The highest BCUT2D eigenvalue weighted by Gasteiger charge is 2.26. The molecule has 4 heteroatoms. The molecular formula is C11H21NO2S. The molecule has 0 aromatic rings. The molecule has 0 atom stereocenters. The lowest BCUT2D eigenvalue weighted by atomic mass is 10.1. The maximum Gasteiger partial charge on any atom is 0.214 e. The first-order chi connectivity index (χ1) is 6.97. The summed E-state index contributed by atoms with van der Waals surface area (Å²) < 4.78 is 25.3. The van der Waals surface area contributed by atoms with Crippen molar-refractivity contribution in [2.75, 3.05) is 18.8 Å². The molecule has 15 heavy (non-hydrogen) atoms. The maximum atomic E-state index is 11.9. The molecule has 0 saturated heterocycles. The third-order valence-corrected chi connectivity index (χ3v) is 4.68. The van der Waals surface area contributed by atoms with Crippen molar-refractivity contribution in [3.8, 4) is 0 Å². The Morgan fingerprint density at radius 3 is 2.60 bits per heavy atom. The van der Waals surface area contributed by atoms with Crippen molar-refractivity contribution in [3.63, 3.8) is 0 Å². The fourth-order valence-electron chi connectivity index (χ4n) is 1.64. The van der Waals surface area contributed by atoms with Crippen molar-refractivity contribution in [1.82, 2.24) is 4.31 Å². The normalized spacial score (nSPS) is 18.5. The van der Waals surface area contributed by atoms with Gasteiger partial charge in [0, 0.05) is 13.1 Å². The zero-order valence-electron chi connectivity index (χ0n) is 9.86. The van der Waals surface area contributed by atoms with Crippen LogP contribution in [-0.2, 0) is 10.0 Å². The van der Waals surface area contributed by atoms with Gasteiger partial charge in [-0.1, -0.05) is 38.8 Å². The molecule has 1 aliphatic heterocycles. The Bertz CT molecular complexity index is 330. The predicted octanol–water partition coefficient (Wildman–Crippen LogP) is 2.01. The van der Waals surface area contributed by atoms with Crippen LogP contribution in [0.4, 0.5) is 0 Å². The minimum Gasteiger partial charge on any atom is -0.212 e. The van der Waals surface area contributed by atoms with Crippen molar-refractivity contribution < 1.29 is 8.42 Å². The molecule has 0 unspecified atom stereocenters. The van der Waals surface area contributed by atoms with Gasteiger partial charge in [-0.05, 0) is 12.3 Å². The minimum atomic E-state index is -3.01. The lowest BCUT2D eigenvalue weighted by molar-refractivity contribution is 0.476. The zero-order valence-corrected chi connectivity index (χ0v) is 10.7. The number of hydrogen-bond acceptors (Lipinski definition) is 2. The molecule has 1 aliphatic rings. The molecule has 3 nitrogen and oxygen atoms in total. The first-order valence-electron chi connectivity index (χ1n) is 5.64. The van der Waals surface area contributed by atoms with E-state index < -0.39 is 10.0 Å². The second kappa shape index (κ2) is 5.12. The van der Waals surface area contributed by atoms with Crippen LogP contribution < -0.4 is 0 Å². The SMILES string of the molecule is CCCCS(=O)(=O)N1CC=C(C(C)C)C1. The number of rotatable bonds is 5. The van der Waals surface area contributed by atoms with E-state index in [1.807, 2.05) is 13.0 Å². The van der Waals surface area contributed by atoms with Crippen LogP contribution >= 0.6 is 0 Å². The summed E-state index contributed by atoms with van der Waals surface area (Å²) in [5, 5.41) is 0. The molecule has 0 fully saturated rings. The van der Waals surface area contributed by atoms with E-state index in [2.05, 4.69) is 13.8 Å². The Morgan fingerprint density at radius 1 is 1.47 bits per heavy atom. The smallest absolute Gasteiger partial charge is 0.212 e. The summed E-state index contributed by atoms with van der Waals surface area (Å²) >= 11 is 0. The van der Waals surface area contributed by atoms with Gasteiger partial charge in [-0.3, -0.25) is 0 Å². The Kier molecular flexibility index (Phi) is 4.34. The molecule has 0 bridgehead atoms. The summed E-state index contributed by atoms with van der Waals surface area (Å²) in [6.07, 6.45) is 3.74. The molecule has 0 N–H and O–H groups in total. The molecule has 0 aromatic carbocycles. The van der Waals surface area contributed by atoms with E-state index in [-0.39, 0.29) is 0 Å². The Hall–Kier alpha value is -0.350. The van der Waals surface area contributed by atoms with E-state index in [4.69, 9.17) is 0 Å². The Morgan fingerprint density at radius 2 is 2.13 bits per heavy atom. The molecule has 1 heterocycles. The predicted molar refractivity (Wildman–Crippen MR) is 63.2 cm³/mol. The fourth-order valence-corrected chi connectivity index (χ4v) is 3.20. The Balaban J connectivity index is 2.55. The van der Waals surface area contributed by atoms with Gasteiger partial charge in [-0.2, -0.15) is 4.31 Å². The van der Waals surface area contributed by atoms with Gasteiger partial charge in [0.1, 0.15) is 0 Å². The van der Waals surface area contributed by atoms with Crippen LogP contribution in [0.25, 0.3) is 0 Å². The van der Waals surface area contributed by atoms with E-state index in [0.29, 0.717) is 24.8 Å². The van der Waals surface area contributed by atoms with Gasteiger partial charge in [0.15, 0.2) is 0 Å². The number of sulfonamides is 1. The van der Waals surface area contributed by atoms with Gasteiger partial charge in [0.25, 0.3) is 0 Å². The minimum absolute atomic E-state index is 0.294. The van der Waals surface area contributed by atoms with Crippen LogP contribution in [0.1, 0.15) is 33.6 Å². The molecule has 0 radical (unpaired) electrons. The van der Waals surface area contributed by atoms with Crippen molar-refractivity contribution in [3.05, 3.63) is 11.6 Å². The third kappa shape index (κ3) is 3.31. The van der Waals surface area contributed by atoms with Crippen LogP contribution in [0.15, 0.2) is 11.6 Å². The van der Waals surface area contributed by atoms with Gasteiger partial charge in [-0.15, -0.1) is 0 Å². The van der Waals surface area contributed by atoms with Crippen molar-refractivity contribution in [2.45, 2.75) is 33.6 Å². The van der Waals surface area contributed by atoms with Gasteiger partial charge in [0.05, 0.1) is 5.75 Å². The summed E-state index contributed by atoms with van der Waals surface area (Å²) in [4.78, 5) is 0. The van der Waals surface area contributed by atoms with Gasteiger partial charge in [0.2, 0.25) is 10.0 Å². The van der Waals surface area contributed by atoms with Crippen molar-refractivity contribution in [2.24, 2.45) is 5.92 Å². The van der Waals surface area contributed by atoms with Crippen LogP contribution in [0, 0.1) is 5.92 Å². The lowest BCUT2D eigenvalue weighted by Crippen LogP contribution is -2.31. The quantitative estimate of drug-likeness (QED) is 0.679. The maximum absolute atomic E-state index is 11.9. The third-order valence-electron chi connectivity index (χ3n) is 2.81. The Labute approximate surface area is 93.2 Å². The van der Waals surface area contributed by atoms with E-state index in [1.165, 1.54) is 5.57 Å². The van der Waals surface area contributed by atoms with E-state index in [0.717, 1.165) is 12.8 Å². The second-order valence-electron chi connectivity index (χ2n) is 4.40. The zero-order chi connectivity index (χ0) is 11.5. The van der Waals surface area contributed by atoms with E-state index >= 15 is 0 Å². The van der Waals surface area contributed by atoms with E-state index in [9.17, 15) is 8.42 Å². The van der Waals surface area contributed by atoms with Crippen LogP contribution in [0.2, 0.25) is 0 Å². The highest BCUT2D eigenvalue weighted by molar-refractivity contribution is 7.89. The molecule has 0 aliphatic carbocycles. The summed E-state index contributed by atoms with van der Waals surface area (Å²) in [7, 11) is -3.01. The number of hydrogen-bond donors (Lipinski definition) is 0. The van der Waals surface area contributed by atoms with Crippen molar-refractivity contribution in [1.29, 1.82) is 0 Å². The number of unbranched alkanes of at least 4 members (excludes halogenated alkanes) is 1. The second-order valence-corrected chi connectivity index (χ2v) is 6.48. The van der Waals surface area contributed by atoms with Gasteiger partial charge < -0.3 is 0 Å². The average Bonchev–Trinajstić information content (AvgIpc) is 2.64. The largest absolute Gasteiger partial charge is 0.214 e. The molecule has 0 spiro atoms.